The molecule has 0 spiro atoms. The molecular weight excluding hydrogens is 334 g/mol. The zero-order valence-corrected chi connectivity index (χ0v) is 14.3. The first-order chi connectivity index (χ1) is 11.5. The summed E-state index contributed by atoms with van der Waals surface area (Å²) in [6.07, 6.45) is 1.55. The molecule has 0 bridgehead atoms. The third-order valence-electron chi connectivity index (χ3n) is 3.19. The van der Waals surface area contributed by atoms with Crippen LogP contribution in [0, 0.1) is 0 Å². The maximum atomic E-state index is 12.3. The van der Waals surface area contributed by atoms with Crippen molar-refractivity contribution in [2.75, 3.05) is 27.4 Å². The van der Waals surface area contributed by atoms with Gasteiger partial charge in [0.25, 0.3) is 11.1 Å². The van der Waals surface area contributed by atoms with Crippen LogP contribution >= 0.6 is 11.8 Å². The van der Waals surface area contributed by atoms with E-state index < -0.39 is 23.7 Å². The van der Waals surface area contributed by atoms with Gasteiger partial charge in [-0.1, -0.05) is 0 Å². The average molecular weight is 351 g/mol. The van der Waals surface area contributed by atoms with Gasteiger partial charge in [-0.25, -0.2) is 0 Å². The predicted molar refractivity (Wildman–Crippen MR) is 88.9 cm³/mol. The molecule has 1 heterocycles. The summed E-state index contributed by atoms with van der Waals surface area (Å²) in [5.74, 6) is -0.0371. The lowest BCUT2D eigenvalue weighted by molar-refractivity contribution is -0.145. The van der Waals surface area contributed by atoms with Gasteiger partial charge in [0.1, 0.15) is 18.0 Å². The fourth-order valence-electron chi connectivity index (χ4n) is 2.05. The number of methoxy groups -OCH3 is 2. The molecule has 1 fully saturated rings. The Hall–Kier alpha value is -2.48. The minimum absolute atomic E-state index is 0.188. The molecule has 128 valence electrons. The normalized spacial score (nSPS) is 15.8. The van der Waals surface area contributed by atoms with Gasteiger partial charge in [-0.05, 0) is 36.9 Å². The number of amides is 2. The SMILES string of the molecule is CCOC(=O)CN1C(=O)S/C(=C/c2ccc(OC)cc2OC)C1=O. The Kier molecular flexibility index (Phi) is 5.86. The Morgan fingerprint density at radius 1 is 1.25 bits per heavy atom. The van der Waals surface area contributed by atoms with Gasteiger partial charge in [0.2, 0.25) is 0 Å². The Labute approximate surface area is 143 Å². The van der Waals surface area contributed by atoms with Gasteiger partial charge in [0, 0.05) is 11.6 Å². The molecule has 1 aromatic rings. The van der Waals surface area contributed by atoms with E-state index in [4.69, 9.17) is 14.2 Å². The average Bonchev–Trinajstić information content (AvgIpc) is 2.83. The molecule has 0 saturated carbocycles. The van der Waals surface area contributed by atoms with Crippen LogP contribution in [0.1, 0.15) is 12.5 Å². The van der Waals surface area contributed by atoms with Crippen LogP contribution in [0.5, 0.6) is 11.5 Å². The summed E-state index contributed by atoms with van der Waals surface area (Å²) in [6.45, 7) is 1.45. The summed E-state index contributed by atoms with van der Waals surface area (Å²) in [6, 6.07) is 5.11. The highest BCUT2D eigenvalue weighted by Crippen LogP contribution is 2.34. The molecular formula is C16H17NO6S. The summed E-state index contributed by atoms with van der Waals surface area (Å²) in [4.78, 5) is 36.8. The van der Waals surface area contributed by atoms with E-state index >= 15 is 0 Å². The van der Waals surface area contributed by atoms with Crippen LogP contribution in [-0.2, 0) is 14.3 Å². The molecule has 0 unspecified atom stereocenters. The fourth-order valence-corrected chi connectivity index (χ4v) is 2.88. The summed E-state index contributed by atoms with van der Waals surface area (Å²) >= 11 is 0.770. The van der Waals surface area contributed by atoms with E-state index in [2.05, 4.69) is 0 Å². The lowest BCUT2D eigenvalue weighted by Gasteiger charge is -2.11. The first-order valence-electron chi connectivity index (χ1n) is 7.13. The van der Waals surface area contributed by atoms with Gasteiger partial charge in [0.15, 0.2) is 0 Å². The van der Waals surface area contributed by atoms with Crippen LogP contribution in [0.4, 0.5) is 4.79 Å². The third kappa shape index (κ3) is 3.88. The maximum Gasteiger partial charge on any atom is 0.326 e. The molecule has 7 nitrogen and oxygen atoms in total. The van der Waals surface area contributed by atoms with Gasteiger partial charge in [0.05, 0.1) is 25.7 Å². The fraction of sp³-hybridized carbons (Fsp3) is 0.312. The Morgan fingerprint density at radius 2 is 2.00 bits per heavy atom. The van der Waals surface area contributed by atoms with E-state index in [1.807, 2.05) is 0 Å². The molecule has 0 N–H and O–H groups in total. The van der Waals surface area contributed by atoms with Gasteiger partial charge >= 0.3 is 5.97 Å². The summed E-state index contributed by atoms with van der Waals surface area (Å²) in [7, 11) is 3.04. The van der Waals surface area contributed by atoms with E-state index in [0.29, 0.717) is 17.1 Å². The number of esters is 1. The molecule has 24 heavy (non-hydrogen) atoms. The summed E-state index contributed by atoms with van der Waals surface area (Å²) < 4.78 is 15.2. The molecule has 0 atom stereocenters. The number of carbonyl (C=O) groups is 3. The number of benzene rings is 1. The van der Waals surface area contributed by atoms with Crippen molar-refractivity contribution in [3.05, 3.63) is 28.7 Å². The van der Waals surface area contributed by atoms with Gasteiger partial charge in [-0.2, -0.15) is 0 Å². The smallest absolute Gasteiger partial charge is 0.326 e. The van der Waals surface area contributed by atoms with E-state index in [1.54, 1.807) is 31.2 Å². The van der Waals surface area contributed by atoms with E-state index in [1.165, 1.54) is 14.2 Å². The number of hydrogen-bond acceptors (Lipinski definition) is 7. The molecule has 1 aliphatic rings. The van der Waals surface area contributed by atoms with Crippen molar-refractivity contribution in [3.8, 4) is 11.5 Å². The first kappa shape index (κ1) is 17.9. The number of hydrogen-bond donors (Lipinski definition) is 0. The number of ether oxygens (including phenoxy) is 3. The Balaban J connectivity index is 2.24. The van der Waals surface area contributed by atoms with Crippen molar-refractivity contribution < 1.29 is 28.6 Å². The van der Waals surface area contributed by atoms with Gasteiger partial charge < -0.3 is 14.2 Å². The lowest BCUT2D eigenvalue weighted by Crippen LogP contribution is -2.34. The van der Waals surface area contributed by atoms with Crippen molar-refractivity contribution in [1.82, 2.24) is 4.90 Å². The highest BCUT2D eigenvalue weighted by atomic mass is 32.2. The predicted octanol–water partition coefficient (Wildman–Crippen LogP) is 2.30. The second-order valence-corrected chi connectivity index (χ2v) is 5.67. The minimum atomic E-state index is -0.622. The summed E-state index contributed by atoms with van der Waals surface area (Å²) in [5.41, 5.74) is 0.625. The van der Waals surface area contributed by atoms with Crippen LogP contribution in [0.3, 0.4) is 0 Å². The van der Waals surface area contributed by atoms with Crippen molar-refractivity contribution in [2.45, 2.75) is 6.92 Å². The number of nitrogens with zero attached hydrogens (tertiary/aromatic N) is 1. The second kappa shape index (κ2) is 7.87. The molecule has 2 amide bonds. The topological polar surface area (TPSA) is 82.1 Å². The highest BCUT2D eigenvalue weighted by molar-refractivity contribution is 8.18. The number of thioether (sulfide) groups is 1. The van der Waals surface area contributed by atoms with Crippen LogP contribution in [0.25, 0.3) is 6.08 Å². The van der Waals surface area contributed by atoms with Crippen LogP contribution in [-0.4, -0.2) is 49.4 Å². The monoisotopic (exact) mass is 351 g/mol. The zero-order valence-electron chi connectivity index (χ0n) is 13.5. The quantitative estimate of drug-likeness (QED) is 0.574. The van der Waals surface area contributed by atoms with Crippen molar-refractivity contribution in [3.63, 3.8) is 0 Å². The summed E-state index contributed by atoms with van der Waals surface area (Å²) in [5, 5.41) is -0.508. The molecule has 0 aliphatic carbocycles. The van der Waals surface area contributed by atoms with E-state index in [0.717, 1.165) is 16.7 Å². The molecule has 1 aliphatic heterocycles. The molecule has 0 aromatic heterocycles. The maximum absolute atomic E-state index is 12.3. The van der Waals surface area contributed by atoms with E-state index in [-0.39, 0.29) is 11.5 Å². The molecule has 8 heteroatoms. The molecule has 1 aromatic carbocycles. The van der Waals surface area contributed by atoms with Crippen molar-refractivity contribution in [2.24, 2.45) is 0 Å². The van der Waals surface area contributed by atoms with E-state index in [9.17, 15) is 14.4 Å². The van der Waals surface area contributed by atoms with Gasteiger partial charge in [-0.3, -0.25) is 19.3 Å². The highest BCUT2D eigenvalue weighted by Gasteiger charge is 2.36. The Bertz CT molecular complexity index is 700. The van der Waals surface area contributed by atoms with Gasteiger partial charge in [-0.15, -0.1) is 0 Å². The Morgan fingerprint density at radius 3 is 2.62 bits per heavy atom. The number of rotatable bonds is 6. The number of carbonyl (C=O) groups excluding carboxylic acids is 3. The molecule has 2 rings (SSSR count). The third-order valence-corrected chi connectivity index (χ3v) is 4.10. The number of imide groups is 1. The van der Waals surface area contributed by atoms with Crippen LogP contribution < -0.4 is 9.47 Å². The lowest BCUT2D eigenvalue weighted by atomic mass is 10.1. The standard InChI is InChI=1S/C16H17NO6S/c1-4-23-14(18)9-17-15(19)13(24-16(17)20)7-10-5-6-11(21-2)8-12(10)22-3/h5-8H,4,9H2,1-3H3/b13-7+. The van der Waals surface area contributed by atoms with Crippen molar-refractivity contribution >= 4 is 35.0 Å². The first-order valence-corrected chi connectivity index (χ1v) is 7.94. The largest absolute Gasteiger partial charge is 0.497 e. The minimum Gasteiger partial charge on any atom is -0.497 e. The van der Waals surface area contributed by atoms with Crippen molar-refractivity contribution in [1.29, 1.82) is 0 Å². The zero-order chi connectivity index (χ0) is 17.7. The molecule has 0 radical (unpaired) electrons. The van der Waals surface area contributed by atoms with Crippen LogP contribution in [0.2, 0.25) is 0 Å². The van der Waals surface area contributed by atoms with Crippen LogP contribution in [0.15, 0.2) is 23.1 Å². The second-order valence-electron chi connectivity index (χ2n) is 4.68. The molecule has 1 saturated heterocycles.